The van der Waals surface area contributed by atoms with Crippen molar-refractivity contribution in [2.24, 2.45) is 5.92 Å². The molecule has 0 bridgehead atoms. The molecule has 1 aromatic carbocycles. The van der Waals surface area contributed by atoms with Gasteiger partial charge in [0.2, 0.25) is 5.52 Å². The minimum Gasteiger partial charge on any atom is -0.480 e. The molecule has 0 spiro atoms. The zero-order valence-corrected chi connectivity index (χ0v) is 11.4. The van der Waals surface area contributed by atoms with Gasteiger partial charge in [-0.2, -0.15) is 0 Å². The number of nitrogens with zero attached hydrogens (tertiary/aromatic N) is 3. The van der Waals surface area contributed by atoms with Crippen LogP contribution in [0.15, 0.2) is 16.8 Å². The van der Waals surface area contributed by atoms with Crippen molar-refractivity contribution in [2.75, 3.05) is 5.32 Å². The number of hydrogen-bond donors (Lipinski definition) is 2. The van der Waals surface area contributed by atoms with E-state index in [1.807, 2.05) is 13.8 Å². The number of benzene rings is 1. The van der Waals surface area contributed by atoms with Crippen LogP contribution in [0, 0.1) is 16.0 Å². The van der Waals surface area contributed by atoms with Gasteiger partial charge in [0.1, 0.15) is 6.04 Å². The molecule has 0 saturated heterocycles. The summed E-state index contributed by atoms with van der Waals surface area (Å²) in [7, 11) is 0. The topological polar surface area (TPSA) is 131 Å². The van der Waals surface area contributed by atoms with Gasteiger partial charge in [0.15, 0.2) is 5.52 Å². The minimum atomic E-state index is -1.01. The predicted octanol–water partition coefficient (Wildman–Crippen LogP) is 2.04. The first kappa shape index (κ1) is 14.7. The standard InChI is InChI=1S/C12H14N4O5/c1-6(2)5-8(12(17)18)13-7-3-4-9(16(19)20)11-10(7)14-21-15-11/h3-4,6,8,13H,5H2,1-2H3,(H,17,18)/t8-/m0/s1. The SMILES string of the molecule is CC(C)C[C@H](Nc1ccc([N+](=O)[O-])c2nonc12)C(=O)O. The van der Waals surface area contributed by atoms with E-state index in [1.54, 1.807) is 0 Å². The number of aromatic nitrogens is 2. The van der Waals surface area contributed by atoms with Crippen molar-refractivity contribution < 1.29 is 19.5 Å². The van der Waals surface area contributed by atoms with Crippen LogP contribution in [-0.2, 0) is 4.79 Å². The summed E-state index contributed by atoms with van der Waals surface area (Å²) in [5.74, 6) is -0.839. The van der Waals surface area contributed by atoms with E-state index < -0.39 is 16.9 Å². The number of carboxylic acids is 1. The number of nitrogens with one attached hydrogen (secondary N) is 1. The highest BCUT2D eigenvalue weighted by Gasteiger charge is 2.24. The first-order chi connectivity index (χ1) is 9.90. The molecule has 2 aromatic rings. The van der Waals surface area contributed by atoms with Crippen LogP contribution in [0.4, 0.5) is 11.4 Å². The van der Waals surface area contributed by atoms with Crippen molar-refractivity contribution >= 4 is 28.4 Å². The summed E-state index contributed by atoms with van der Waals surface area (Å²) in [6, 6.07) is 1.82. The number of non-ortho nitro benzene ring substituents is 1. The van der Waals surface area contributed by atoms with E-state index in [0.29, 0.717) is 12.1 Å². The summed E-state index contributed by atoms with van der Waals surface area (Å²) >= 11 is 0. The second-order valence-electron chi connectivity index (χ2n) is 5.02. The monoisotopic (exact) mass is 294 g/mol. The van der Waals surface area contributed by atoms with Crippen molar-refractivity contribution in [2.45, 2.75) is 26.3 Å². The number of nitro groups is 1. The van der Waals surface area contributed by atoms with Crippen LogP contribution in [0.2, 0.25) is 0 Å². The third-order valence-corrected chi connectivity index (χ3v) is 2.93. The Morgan fingerprint density at radius 2 is 2.10 bits per heavy atom. The Morgan fingerprint density at radius 3 is 2.67 bits per heavy atom. The molecule has 1 heterocycles. The molecule has 112 valence electrons. The summed E-state index contributed by atoms with van der Waals surface area (Å²) < 4.78 is 4.53. The molecule has 0 aliphatic carbocycles. The van der Waals surface area contributed by atoms with Crippen molar-refractivity contribution in [3.8, 4) is 0 Å². The maximum atomic E-state index is 11.3. The number of hydrogen-bond acceptors (Lipinski definition) is 7. The molecule has 2 rings (SSSR count). The van der Waals surface area contributed by atoms with E-state index in [9.17, 15) is 20.0 Å². The Bertz CT molecular complexity index is 681. The number of rotatable bonds is 6. The van der Waals surface area contributed by atoms with Crippen LogP contribution in [0.1, 0.15) is 20.3 Å². The Hall–Kier alpha value is -2.71. The van der Waals surface area contributed by atoms with Gasteiger partial charge in [-0.1, -0.05) is 13.8 Å². The molecule has 9 heteroatoms. The van der Waals surface area contributed by atoms with Gasteiger partial charge < -0.3 is 10.4 Å². The highest BCUT2D eigenvalue weighted by Crippen LogP contribution is 2.29. The number of nitro benzene ring substituents is 1. The highest BCUT2D eigenvalue weighted by molar-refractivity contribution is 5.94. The zero-order chi connectivity index (χ0) is 15.6. The lowest BCUT2D eigenvalue weighted by Gasteiger charge is -2.17. The molecule has 2 N–H and O–H groups in total. The average molecular weight is 294 g/mol. The van der Waals surface area contributed by atoms with Gasteiger partial charge in [-0.3, -0.25) is 10.1 Å². The van der Waals surface area contributed by atoms with Gasteiger partial charge in [0, 0.05) is 6.07 Å². The van der Waals surface area contributed by atoms with Gasteiger partial charge >= 0.3 is 11.7 Å². The molecular formula is C12H14N4O5. The number of carboxylic acid groups (broad SMARTS) is 1. The first-order valence-corrected chi connectivity index (χ1v) is 6.29. The zero-order valence-electron chi connectivity index (χ0n) is 11.4. The summed E-state index contributed by atoms with van der Waals surface area (Å²) in [6.45, 7) is 3.81. The van der Waals surface area contributed by atoms with Gasteiger partial charge in [-0.25, -0.2) is 9.42 Å². The fourth-order valence-corrected chi connectivity index (χ4v) is 2.00. The molecular weight excluding hydrogens is 280 g/mol. The summed E-state index contributed by atoms with van der Waals surface area (Å²) in [4.78, 5) is 21.5. The Balaban J connectivity index is 2.38. The lowest BCUT2D eigenvalue weighted by molar-refractivity contribution is -0.383. The van der Waals surface area contributed by atoms with Gasteiger partial charge in [0.05, 0.1) is 10.6 Å². The summed E-state index contributed by atoms with van der Waals surface area (Å²) in [6.07, 6.45) is 0.402. The molecule has 0 fully saturated rings. The molecule has 0 amide bonds. The molecule has 0 aliphatic heterocycles. The largest absolute Gasteiger partial charge is 0.480 e. The van der Waals surface area contributed by atoms with Crippen molar-refractivity contribution in [3.63, 3.8) is 0 Å². The van der Waals surface area contributed by atoms with Crippen LogP contribution in [0.25, 0.3) is 11.0 Å². The lowest BCUT2D eigenvalue weighted by atomic mass is 10.0. The summed E-state index contributed by atoms with van der Waals surface area (Å²) in [5.41, 5.74) is 0.218. The van der Waals surface area contributed by atoms with Crippen LogP contribution < -0.4 is 5.32 Å². The van der Waals surface area contributed by atoms with E-state index in [1.165, 1.54) is 12.1 Å². The number of anilines is 1. The normalized spacial score (nSPS) is 12.5. The van der Waals surface area contributed by atoms with Crippen molar-refractivity contribution in [3.05, 3.63) is 22.2 Å². The van der Waals surface area contributed by atoms with Gasteiger partial charge in [-0.15, -0.1) is 0 Å². The summed E-state index contributed by atoms with van der Waals surface area (Å²) in [5, 5.41) is 30.0. The third kappa shape index (κ3) is 3.07. The van der Waals surface area contributed by atoms with Crippen molar-refractivity contribution in [1.82, 2.24) is 10.3 Å². The molecule has 0 radical (unpaired) electrons. The van der Waals surface area contributed by atoms with E-state index in [0.717, 1.165) is 0 Å². The van der Waals surface area contributed by atoms with Gasteiger partial charge in [0.25, 0.3) is 0 Å². The molecule has 9 nitrogen and oxygen atoms in total. The van der Waals surface area contributed by atoms with E-state index >= 15 is 0 Å². The smallest absolute Gasteiger partial charge is 0.326 e. The molecule has 1 atom stereocenters. The minimum absolute atomic E-state index is 0.0151. The maximum Gasteiger partial charge on any atom is 0.326 e. The number of aliphatic carboxylic acids is 1. The Kier molecular flexibility index (Phi) is 4.01. The third-order valence-electron chi connectivity index (χ3n) is 2.93. The Labute approximate surface area is 119 Å². The van der Waals surface area contributed by atoms with Crippen LogP contribution in [-0.4, -0.2) is 32.4 Å². The Morgan fingerprint density at radius 1 is 1.43 bits per heavy atom. The van der Waals surface area contributed by atoms with E-state index in [2.05, 4.69) is 20.3 Å². The molecule has 0 aliphatic rings. The van der Waals surface area contributed by atoms with Crippen LogP contribution in [0.3, 0.4) is 0 Å². The fourth-order valence-electron chi connectivity index (χ4n) is 2.00. The second kappa shape index (κ2) is 5.73. The molecule has 1 aromatic heterocycles. The van der Waals surface area contributed by atoms with E-state index in [-0.39, 0.29) is 22.6 Å². The van der Waals surface area contributed by atoms with Crippen LogP contribution in [0.5, 0.6) is 0 Å². The predicted molar refractivity (Wildman–Crippen MR) is 73.0 cm³/mol. The van der Waals surface area contributed by atoms with Gasteiger partial charge in [-0.05, 0) is 28.7 Å². The second-order valence-corrected chi connectivity index (χ2v) is 5.02. The highest BCUT2D eigenvalue weighted by atomic mass is 16.6. The maximum absolute atomic E-state index is 11.3. The lowest BCUT2D eigenvalue weighted by Crippen LogP contribution is -2.30. The average Bonchev–Trinajstić information content (AvgIpc) is 2.86. The molecule has 21 heavy (non-hydrogen) atoms. The number of carbonyl (C=O) groups is 1. The van der Waals surface area contributed by atoms with Crippen molar-refractivity contribution in [1.29, 1.82) is 0 Å². The van der Waals surface area contributed by atoms with Crippen LogP contribution >= 0.6 is 0 Å². The molecule has 0 unspecified atom stereocenters. The van der Waals surface area contributed by atoms with E-state index in [4.69, 9.17) is 0 Å². The first-order valence-electron chi connectivity index (χ1n) is 6.29. The fraction of sp³-hybridized carbons (Fsp3) is 0.417. The quantitative estimate of drug-likeness (QED) is 0.611. The number of fused-ring (bicyclic) bond motifs is 1. The molecule has 0 saturated carbocycles.